The van der Waals surface area contributed by atoms with E-state index in [1.807, 2.05) is 26.2 Å². The van der Waals surface area contributed by atoms with E-state index in [-0.39, 0.29) is 0 Å². The number of halogens is 3. The smallest absolute Gasteiger partial charge is 0.309 e. The third-order valence-corrected chi connectivity index (χ3v) is 4.44. The van der Waals surface area contributed by atoms with E-state index in [4.69, 9.17) is 0 Å². The molecule has 0 amide bonds. The molecule has 1 nitrogen and oxygen atoms in total. The first-order valence-corrected chi connectivity index (χ1v) is 7.99. The minimum absolute atomic E-state index is 0.600. The maximum absolute atomic E-state index is 12.8. The van der Waals surface area contributed by atoms with Crippen molar-refractivity contribution < 1.29 is 13.2 Å². The van der Waals surface area contributed by atoms with Crippen LogP contribution in [0.25, 0.3) is 11.1 Å². The lowest BCUT2D eigenvalue weighted by Gasteiger charge is -2.14. The molecule has 4 heteroatoms. The first-order valence-electron chi connectivity index (χ1n) is 7.99. The first kappa shape index (κ1) is 16.8. The molecule has 2 aromatic carbocycles. The summed E-state index contributed by atoms with van der Waals surface area (Å²) < 4.78 is 38.3. The Labute approximate surface area is 140 Å². The highest BCUT2D eigenvalue weighted by Gasteiger charge is 2.30. The highest BCUT2D eigenvalue weighted by Crippen LogP contribution is 2.40. The largest absolute Gasteiger partial charge is 0.416 e. The van der Waals surface area contributed by atoms with Crippen LogP contribution in [0.15, 0.2) is 48.5 Å². The van der Waals surface area contributed by atoms with Gasteiger partial charge in [0.05, 0.1) is 5.56 Å². The van der Waals surface area contributed by atoms with Crippen LogP contribution in [0.4, 0.5) is 13.2 Å². The van der Waals surface area contributed by atoms with E-state index in [9.17, 15) is 13.2 Å². The standard InChI is InChI=1S/C20H20F3N/c1-24(2)12-11-18-17-6-4-3-5-15(17)13-19(18)14-7-9-16(10-8-14)20(21,22)23/h3-10H,11-13H2,1-2H3. The van der Waals surface area contributed by atoms with Crippen LogP contribution < -0.4 is 0 Å². The Morgan fingerprint density at radius 3 is 2.25 bits per heavy atom. The summed E-state index contributed by atoms with van der Waals surface area (Å²) in [6.07, 6.45) is -2.62. The van der Waals surface area contributed by atoms with Crippen molar-refractivity contribution in [3.8, 4) is 0 Å². The summed E-state index contributed by atoms with van der Waals surface area (Å²) in [5, 5.41) is 0. The molecule has 0 aliphatic heterocycles. The molecule has 0 bridgehead atoms. The molecule has 3 rings (SSSR count). The molecule has 126 valence electrons. The lowest BCUT2D eigenvalue weighted by Crippen LogP contribution is -2.13. The summed E-state index contributed by atoms with van der Waals surface area (Å²) in [7, 11) is 4.05. The van der Waals surface area contributed by atoms with E-state index >= 15 is 0 Å². The minimum Gasteiger partial charge on any atom is -0.309 e. The van der Waals surface area contributed by atoms with E-state index in [2.05, 4.69) is 17.0 Å². The van der Waals surface area contributed by atoms with Crippen LogP contribution in [0, 0.1) is 0 Å². The van der Waals surface area contributed by atoms with Gasteiger partial charge in [-0.15, -0.1) is 0 Å². The third-order valence-electron chi connectivity index (χ3n) is 4.44. The normalized spacial score (nSPS) is 14.4. The molecular weight excluding hydrogens is 311 g/mol. The van der Waals surface area contributed by atoms with Crippen molar-refractivity contribution in [2.45, 2.75) is 19.0 Å². The van der Waals surface area contributed by atoms with E-state index in [0.29, 0.717) is 0 Å². The molecule has 0 unspecified atom stereocenters. The van der Waals surface area contributed by atoms with E-state index in [0.717, 1.165) is 30.5 Å². The van der Waals surface area contributed by atoms with Crippen LogP contribution in [0.1, 0.15) is 28.7 Å². The molecular formula is C20H20F3N. The molecule has 24 heavy (non-hydrogen) atoms. The Bertz CT molecular complexity index is 755. The van der Waals surface area contributed by atoms with Crippen molar-refractivity contribution in [1.29, 1.82) is 0 Å². The van der Waals surface area contributed by atoms with Gasteiger partial charge in [-0.05, 0) is 66.9 Å². The number of alkyl halides is 3. The van der Waals surface area contributed by atoms with Gasteiger partial charge in [0.1, 0.15) is 0 Å². The lowest BCUT2D eigenvalue weighted by molar-refractivity contribution is -0.137. The van der Waals surface area contributed by atoms with Crippen LogP contribution in [0.2, 0.25) is 0 Å². The summed E-state index contributed by atoms with van der Waals surface area (Å²) in [6.45, 7) is 0.911. The van der Waals surface area contributed by atoms with Crippen LogP contribution in [0.3, 0.4) is 0 Å². The van der Waals surface area contributed by atoms with Crippen LogP contribution >= 0.6 is 0 Å². The summed E-state index contributed by atoms with van der Waals surface area (Å²) in [6, 6.07) is 13.8. The Morgan fingerprint density at radius 2 is 1.62 bits per heavy atom. The second-order valence-electron chi connectivity index (χ2n) is 6.42. The highest BCUT2D eigenvalue weighted by atomic mass is 19.4. The van der Waals surface area contributed by atoms with Gasteiger partial charge in [-0.1, -0.05) is 36.4 Å². The van der Waals surface area contributed by atoms with Gasteiger partial charge < -0.3 is 4.90 Å². The molecule has 0 aromatic heterocycles. The maximum Gasteiger partial charge on any atom is 0.416 e. The number of rotatable bonds is 4. The lowest BCUT2D eigenvalue weighted by atomic mass is 9.97. The topological polar surface area (TPSA) is 3.24 Å². The maximum atomic E-state index is 12.8. The fourth-order valence-electron chi connectivity index (χ4n) is 3.19. The average Bonchev–Trinajstić information content (AvgIpc) is 2.91. The molecule has 1 aliphatic rings. The van der Waals surface area contributed by atoms with Gasteiger partial charge in [-0.3, -0.25) is 0 Å². The second-order valence-corrected chi connectivity index (χ2v) is 6.42. The van der Waals surface area contributed by atoms with Crippen LogP contribution in [-0.4, -0.2) is 25.5 Å². The van der Waals surface area contributed by atoms with Gasteiger partial charge in [-0.2, -0.15) is 13.2 Å². The number of nitrogens with zero attached hydrogens (tertiary/aromatic N) is 1. The van der Waals surface area contributed by atoms with Crippen molar-refractivity contribution in [1.82, 2.24) is 4.90 Å². The molecule has 0 N–H and O–H groups in total. The van der Waals surface area contributed by atoms with E-state index < -0.39 is 11.7 Å². The number of fused-ring (bicyclic) bond motifs is 1. The second kappa shape index (κ2) is 6.44. The number of hydrogen-bond donors (Lipinski definition) is 0. The fourth-order valence-corrected chi connectivity index (χ4v) is 3.19. The summed E-state index contributed by atoms with van der Waals surface area (Å²) in [5.74, 6) is 0. The molecule has 0 saturated carbocycles. The number of hydrogen-bond acceptors (Lipinski definition) is 1. The molecule has 0 spiro atoms. The van der Waals surface area contributed by atoms with Gasteiger partial charge in [0.15, 0.2) is 0 Å². The Kier molecular flexibility index (Phi) is 4.50. The fraction of sp³-hybridized carbons (Fsp3) is 0.300. The minimum atomic E-state index is -4.29. The van der Waals surface area contributed by atoms with Crippen LogP contribution in [0.5, 0.6) is 0 Å². The molecule has 1 aliphatic carbocycles. The molecule has 0 atom stereocenters. The monoisotopic (exact) mass is 331 g/mol. The molecule has 0 radical (unpaired) electrons. The molecule has 0 heterocycles. The number of benzene rings is 2. The van der Waals surface area contributed by atoms with Crippen molar-refractivity contribution in [3.05, 3.63) is 70.8 Å². The van der Waals surface area contributed by atoms with Crippen molar-refractivity contribution in [2.24, 2.45) is 0 Å². The molecule has 0 fully saturated rings. The zero-order valence-corrected chi connectivity index (χ0v) is 13.8. The Balaban J connectivity index is 1.98. The zero-order chi connectivity index (χ0) is 17.3. The van der Waals surface area contributed by atoms with E-state index in [1.165, 1.54) is 28.8 Å². The van der Waals surface area contributed by atoms with Gasteiger partial charge in [0.2, 0.25) is 0 Å². The van der Waals surface area contributed by atoms with E-state index in [1.54, 1.807) is 12.1 Å². The van der Waals surface area contributed by atoms with Gasteiger partial charge in [0, 0.05) is 6.54 Å². The number of allylic oxidation sites excluding steroid dienone is 1. The summed E-state index contributed by atoms with van der Waals surface area (Å²) in [4.78, 5) is 2.12. The molecule has 0 saturated heterocycles. The van der Waals surface area contributed by atoms with Crippen molar-refractivity contribution in [2.75, 3.05) is 20.6 Å². The molecule has 2 aromatic rings. The first-order chi connectivity index (χ1) is 11.4. The summed E-state index contributed by atoms with van der Waals surface area (Å²) in [5.41, 5.74) is 5.16. The SMILES string of the molecule is CN(C)CCC1=C(c2ccc(C(F)(F)F)cc2)Cc2ccccc21. The highest BCUT2D eigenvalue weighted by molar-refractivity contribution is 5.97. The average molecular weight is 331 g/mol. The quantitative estimate of drug-likeness (QED) is 0.751. The Morgan fingerprint density at radius 1 is 0.958 bits per heavy atom. The van der Waals surface area contributed by atoms with Gasteiger partial charge in [-0.25, -0.2) is 0 Å². The van der Waals surface area contributed by atoms with Gasteiger partial charge in [0.25, 0.3) is 0 Å². The predicted octanol–water partition coefficient (Wildman–Crippen LogP) is 5.12. The van der Waals surface area contributed by atoms with Crippen molar-refractivity contribution >= 4 is 11.1 Å². The van der Waals surface area contributed by atoms with Gasteiger partial charge >= 0.3 is 6.18 Å². The van der Waals surface area contributed by atoms with Crippen molar-refractivity contribution in [3.63, 3.8) is 0 Å². The third kappa shape index (κ3) is 3.39. The zero-order valence-electron chi connectivity index (χ0n) is 13.8. The Hall–Kier alpha value is -2.07. The summed E-state index contributed by atoms with van der Waals surface area (Å²) >= 11 is 0. The predicted molar refractivity (Wildman–Crippen MR) is 91.6 cm³/mol. The van der Waals surface area contributed by atoms with Crippen LogP contribution in [-0.2, 0) is 12.6 Å².